The molecule has 158 valence electrons. The second-order valence-corrected chi connectivity index (χ2v) is 7.79. The summed E-state index contributed by atoms with van der Waals surface area (Å²) in [4.78, 5) is 39.5. The lowest BCUT2D eigenvalue weighted by Crippen LogP contribution is -2.49. The summed E-state index contributed by atoms with van der Waals surface area (Å²) in [5, 5.41) is 11.9. The first-order valence-electron chi connectivity index (χ1n) is 10.1. The van der Waals surface area contributed by atoms with Crippen molar-refractivity contribution in [2.24, 2.45) is 0 Å². The second-order valence-electron chi connectivity index (χ2n) is 7.79. The highest BCUT2D eigenvalue weighted by Gasteiger charge is 2.38. The minimum Gasteiger partial charge on any atom is -0.497 e. The van der Waals surface area contributed by atoms with E-state index in [-0.39, 0.29) is 18.2 Å². The lowest BCUT2D eigenvalue weighted by Gasteiger charge is -2.37. The molecule has 2 saturated heterocycles. The molecule has 0 spiro atoms. The number of carboxylic acids is 1. The molecule has 0 bridgehead atoms. The molecule has 8 heteroatoms. The molecule has 2 N–H and O–H groups in total. The molecule has 2 amide bonds. The number of amides is 2. The van der Waals surface area contributed by atoms with Gasteiger partial charge < -0.3 is 25.0 Å². The number of hydrogen-bond acceptors (Lipinski definition) is 5. The lowest BCUT2D eigenvalue weighted by molar-refractivity contribution is -0.137. The Morgan fingerprint density at radius 3 is 2.31 bits per heavy atom. The second kappa shape index (κ2) is 9.15. The number of carbonyl (C=O) groups is 3. The smallest absolute Gasteiger partial charge is 0.303 e. The van der Waals surface area contributed by atoms with Crippen molar-refractivity contribution < 1.29 is 24.2 Å². The number of carbonyl (C=O) groups excluding carboxylic acids is 2. The predicted octanol–water partition coefficient (Wildman–Crippen LogP) is 1.64. The summed E-state index contributed by atoms with van der Waals surface area (Å²) in [6.45, 7) is 2.83. The largest absolute Gasteiger partial charge is 0.497 e. The van der Waals surface area contributed by atoms with Crippen LogP contribution in [-0.4, -0.2) is 66.6 Å². The maximum atomic E-state index is 12.7. The van der Waals surface area contributed by atoms with Gasteiger partial charge in [0.1, 0.15) is 5.75 Å². The molecule has 0 saturated carbocycles. The number of hydrogen-bond donors (Lipinski definition) is 2. The van der Waals surface area contributed by atoms with Gasteiger partial charge in [0.25, 0.3) is 0 Å². The molecule has 8 nitrogen and oxygen atoms in total. The normalized spacial score (nSPS) is 21.8. The van der Waals surface area contributed by atoms with Gasteiger partial charge in [-0.05, 0) is 43.5 Å². The van der Waals surface area contributed by atoms with Crippen LogP contribution in [0.25, 0.3) is 0 Å². The maximum Gasteiger partial charge on any atom is 0.303 e. The molecule has 2 aliphatic rings. The van der Waals surface area contributed by atoms with E-state index in [9.17, 15) is 14.4 Å². The Morgan fingerprint density at radius 2 is 1.76 bits per heavy atom. The molecule has 29 heavy (non-hydrogen) atoms. The summed E-state index contributed by atoms with van der Waals surface area (Å²) in [5.41, 5.74) is 0.551. The van der Waals surface area contributed by atoms with Crippen molar-refractivity contribution in [3.8, 4) is 5.75 Å². The molecular formula is C21H29N3O5. The summed E-state index contributed by atoms with van der Waals surface area (Å²) in [7, 11) is 1.64. The fourth-order valence-corrected chi connectivity index (χ4v) is 4.13. The Morgan fingerprint density at radius 1 is 1.10 bits per heavy atom. The van der Waals surface area contributed by atoms with Crippen LogP contribution in [0.4, 0.5) is 5.69 Å². The summed E-state index contributed by atoms with van der Waals surface area (Å²) in [5.74, 6) is -0.0592. The van der Waals surface area contributed by atoms with E-state index in [2.05, 4.69) is 10.2 Å². The third kappa shape index (κ3) is 5.40. The third-order valence-electron chi connectivity index (χ3n) is 5.94. The Bertz CT molecular complexity index is 743. The van der Waals surface area contributed by atoms with E-state index in [0.717, 1.165) is 24.5 Å². The fourth-order valence-electron chi connectivity index (χ4n) is 4.13. The van der Waals surface area contributed by atoms with Crippen LogP contribution >= 0.6 is 0 Å². The Balaban J connectivity index is 1.49. The van der Waals surface area contributed by atoms with Gasteiger partial charge in [0.2, 0.25) is 11.8 Å². The number of piperazine rings is 1. The summed E-state index contributed by atoms with van der Waals surface area (Å²) >= 11 is 0. The zero-order valence-corrected chi connectivity index (χ0v) is 16.9. The van der Waals surface area contributed by atoms with Crippen molar-refractivity contribution in [2.45, 2.75) is 44.1 Å². The number of benzene rings is 1. The van der Waals surface area contributed by atoms with Gasteiger partial charge in [-0.2, -0.15) is 0 Å². The van der Waals surface area contributed by atoms with Crippen LogP contribution in [0, 0.1) is 0 Å². The monoisotopic (exact) mass is 403 g/mol. The summed E-state index contributed by atoms with van der Waals surface area (Å²) in [6.07, 6.45) is 2.17. The van der Waals surface area contributed by atoms with E-state index in [0.29, 0.717) is 45.2 Å². The maximum absolute atomic E-state index is 12.7. The van der Waals surface area contributed by atoms with E-state index in [1.165, 1.54) is 0 Å². The Kier molecular flexibility index (Phi) is 6.61. The molecule has 3 rings (SSSR count). The minimum absolute atomic E-state index is 0.00495. The first-order chi connectivity index (χ1) is 13.9. The third-order valence-corrected chi connectivity index (χ3v) is 5.94. The zero-order valence-electron chi connectivity index (χ0n) is 16.9. The highest BCUT2D eigenvalue weighted by atomic mass is 16.5. The predicted molar refractivity (Wildman–Crippen MR) is 108 cm³/mol. The topological polar surface area (TPSA) is 99.2 Å². The molecule has 2 aliphatic heterocycles. The molecule has 1 aromatic carbocycles. The Hall–Kier alpha value is -2.77. The number of anilines is 1. The first kappa shape index (κ1) is 21.0. The zero-order chi connectivity index (χ0) is 20.9. The van der Waals surface area contributed by atoms with E-state index >= 15 is 0 Å². The molecule has 0 unspecified atom stereocenters. The summed E-state index contributed by atoms with van der Waals surface area (Å²) in [6, 6.07) is 7.90. The van der Waals surface area contributed by atoms with Crippen molar-refractivity contribution >= 4 is 23.5 Å². The first-order valence-corrected chi connectivity index (χ1v) is 10.1. The Labute approximate surface area is 170 Å². The quantitative estimate of drug-likeness (QED) is 0.685. The summed E-state index contributed by atoms with van der Waals surface area (Å²) < 4.78 is 5.19. The number of rotatable bonds is 8. The van der Waals surface area contributed by atoms with E-state index in [4.69, 9.17) is 9.84 Å². The van der Waals surface area contributed by atoms with E-state index in [1.807, 2.05) is 29.2 Å². The van der Waals surface area contributed by atoms with Crippen molar-refractivity contribution in [3.63, 3.8) is 0 Å². The van der Waals surface area contributed by atoms with Crippen LogP contribution < -0.4 is 15.0 Å². The number of aliphatic carboxylic acids is 1. The molecular weight excluding hydrogens is 374 g/mol. The van der Waals surface area contributed by atoms with E-state index < -0.39 is 11.5 Å². The molecule has 0 aromatic heterocycles. The van der Waals surface area contributed by atoms with Gasteiger partial charge in [-0.1, -0.05) is 0 Å². The van der Waals surface area contributed by atoms with Gasteiger partial charge in [0.15, 0.2) is 0 Å². The number of nitrogens with zero attached hydrogens (tertiary/aromatic N) is 2. The van der Waals surface area contributed by atoms with E-state index in [1.54, 1.807) is 7.11 Å². The molecule has 2 heterocycles. The average molecular weight is 403 g/mol. The number of ether oxygens (including phenoxy) is 1. The van der Waals surface area contributed by atoms with Gasteiger partial charge in [-0.25, -0.2) is 0 Å². The van der Waals surface area contributed by atoms with Crippen molar-refractivity contribution in [3.05, 3.63) is 24.3 Å². The van der Waals surface area contributed by atoms with Crippen molar-refractivity contribution in [1.82, 2.24) is 10.2 Å². The highest BCUT2D eigenvalue weighted by molar-refractivity contribution is 5.80. The van der Waals surface area contributed by atoms with Crippen LogP contribution in [0.2, 0.25) is 0 Å². The van der Waals surface area contributed by atoms with Crippen LogP contribution in [0.15, 0.2) is 24.3 Å². The highest BCUT2D eigenvalue weighted by Crippen LogP contribution is 2.30. The van der Waals surface area contributed by atoms with Crippen LogP contribution in [0.1, 0.15) is 38.5 Å². The average Bonchev–Trinajstić information content (AvgIpc) is 3.12. The van der Waals surface area contributed by atoms with Gasteiger partial charge in [-0.3, -0.25) is 14.4 Å². The standard InChI is InChI=1S/C21H29N3O5/c1-29-17-4-2-16(3-5-17)23-12-14-24(15-13-23)19(26)7-10-21(11-8-20(27)28)9-6-18(25)22-21/h2-5H,6-15H2,1H3,(H,22,25)(H,27,28)/t21-/m0/s1. The minimum atomic E-state index is -0.883. The van der Waals surface area contributed by atoms with Crippen LogP contribution in [-0.2, 0) is 14.4 Å². The number of carboxylic acid groups (broad SMARTS) is 1. The number of methoxy groups -OCH3 is 1. The van der Waals surface area contributed by atoms with Gasteiger partial charge in [0, 0.05) is 56.7 Å². The van der Waals surface area contributed by atoms with Gasteiger partial charge in [-0.15, -0.1) is 0 Å². The molecule has 0 aliphatic carbocycles. The molecule has 0 radical (unpaired) electrons. The van der Waals surface area contributed by atoms with Gasteiger partial charge in [0.05, 0.1) is 7.11 Å². The molecule has 1 atom stereocenters. The SMILES string of the molecule is COc1ccc(N2CCN(C(=O)CC[C@]3(CCC(=O)O)CCC(=O)N3)CC2)cc1. The van der Waals surface area contributed by atoms with Crippen molar-refractivity contribution in [1.29, 1.82) is 0 Å². The molecule has 2 fully saturated rings. The van der Waals surface area contributed by atoms with Gasteiger partial charge >= 0.3 is 5.97 Å². The van der Waals surface area contributed by atoms with Crippen molar-refractivity contribution in [2.75, 3.05) is 38.2 Å². The fraction of sp³-hybridized carbons (Fsp3) is 0.571. The van der Waals surface area contributed by atoms with Crippen LogP contribution in [0.3, 0.4) is 0 Å². The van der Waals surface area contributed by atoms with Crippen LogP contribution in [0.5, 0.6) is 5.75 Å². The molecule has 1 aromatic rings. The number of nitrogens with one attached hydrogen (secondary N) is 1. The lowest BCUT2D eigenvalue weighted by atomic mass is 9.86.